The molecule has 9 heteroatoms. The Labute approximate surface area is 201 Å². The average molecular weight is 485 g/mol. The molecule has 1 saturated carbocycles. The summed E-state index contributed by atoms with van der Waals surface area (Å²) in [4.78, 5) is 30.1. The molecule has 0 atom stereocenters. The van der Waals surface area contributed by atoms with Gasteiger partial charge in [-0.05, 0) is 38.8 Å². The molecule has 1 amide bonds. The smallest absolute Gasteiger partial charge is 0.279 e. The van der Waals surface area contributed by atoms with Crippen LogP contribution in [0.1, 0.15) is 46.0 Å². The molecule has 1 aliphatic carbocycles. The van der Waals surface area contributed by atoms with Crippen LogP contribution in [0.4, 0.5) is 5.69 Å². The van der Waals surface area contributed by atoms with E-state index in [0.29, 0.717) is 27.0 Å². The van der Waals surface area contributed by atoms with E-state index < -0.39 is 0 Å². The Morgan fingerprint density at radius 1 is 1.18 bits per heavy atom. The number of carbonyl (C=O) groups excluding carboxylic acids is 1. The van der Waals surface area contributed by atoms with Crippen molar-refractivity contribution >= 4 is 51.0 Å². The standard InChI is InChI=1S/C24H28N4O3S2/c1-5-27-22(30)20(24-26(3)17-13-16(31-4)11-12-18(17)32-24)33-23(27)19-14(2)25-28(21(19)29)15-9-7-6-8-10-15/h11-13,15H,5-10H2,1-4H3/b23-19+,24-20-. The van der Waals surface area contributed by atoms with E-state index >= 15 is 0 Å². The fourth-order valence-electron chi connectivity index (χ4n) is 4.82. The van der Waals surface area contributed by atoms with Gasteiger partial charge in [0.1, 0.15) is 20.0 Å². The number of methoxy groups -OCH3 is 1. The summed E-state index contributed by atoms with van der Waals surface area (Å²) >= 11 is 2.98. The van der Waals surface area contributed by atoms with Crippen LogP contribution in [0.25, 0.3) is 10.6 Å². The normalized spacial score (nSPS) is 22.2. The summed E-state index contributed by atoms with van der Waals surface area (Å²) in [5, 5.41) is 7.21. The van der Waals surface area contributed by atoms with Gasteiger partial charge in [-0.3, -0.25) is 14.2 Å². The first-order valence-electron chi connectivity index (χ1n) is 11.4. The molecular weight excluding hydrogens is 456 g/mol. The van der Waals surface area contributed by atoms with Gasteiger partial charge in [0.15, 0.2) is 0 Å². The van der Waals surface area contributed by atoms with Gasteiger partial charge in [0.25, 0.3) is 11.5 Å². The summed E-state index contributed by atoms with van der Waals surface area (Å²) in [5.41, 5.74) is 2.22. The molecule has 0 N–H and O–H groups in total. The second-order valence-electron chi connectivity index (χ2n) is 8.59. The fraction of sp³-hybridized carbons (Fsp3) is 0.458. The van der Waals surface area contributed by atoms with Crippen molar-refractivity contribution in [1.82, 2.24) is 9.58 Å². The van der Waals surface area contributed by atoms with E-state index in [1.54, 1.807) is 28.4 Å². The van der Waals surface area contributed by atoms with Gasteiger partial charge in [-0.15, -0.1) is 11.3 Å². The number of carbonyl (C=O) groups is 1. The van der Waals surface area contributed by atoms with E-state index in [0.717, 1.165) is 47.0 Å². The Balaban J connectivity index is 1.65. The molecule has 0 bridgehead atoms. The molecule has 0 radical (unpaired) electrons. The second kappa shape index (κ2) is 8.68. The number of hydrogen-bond acceptors (Lipinski definition) is 7. The van der Waals surface area contributed by atoms with Crippen molar-refractivity contribution in [3.05, 3.63) is 37.7 Å². The van der Waals surface area contributed by atoms with Crippen molar-refractivity contribution in [2.45, 2.75) is 63.4 Å². The first kappa shape index (κ1) is 22.3. The van der Waals surface area contributed by atoms with Crippen LogP contribution >= 0.6 is 23.1 Å². The Bertz CT molecular complexity index is 1330. The fourth-order valence-corrected chi connectivity index (χ4v) is 7.40. The van der Waals surface area contributed by atoms with E-state index in [1.165, 1.54) is 17.8 Å². The maximum Gasteiger partial charge on any atom is 0.279 e. The SMILES string of the molecule is CCn1c(=O)/c(=C2/Sc3ccc(OC)cc3N2C)s/c1=C1/C(=O)N(C2CCCCC2)N=C1C. The lowest BCUT2D eigenvalue weighted by atomic mass is 9.95. The Kier molecular flexibility index (Phi) is 5.86. The Hall–Kier alpha value is -2.52. The van der Waals surface area contributed by atoms with Gasteiger partial charge in [-0.25, -0.2) is 5.01 Å². The number of anilines is 1. The molecule has 2 aliphatic heterocycles. The van der Waals surface area contributed by atoms with Crippen LogP contribution in [-0.4, -0.2) is 41.4 Å². The minimum Gasteiger partial charge on any atom is -0.497 e. The van der Waals surface area contributed by atoms with Crippen molar-refractivity contribution in [3.8, 4) is 5.75 Å². The Morgan fingerprint density at radius 3 is 2.64 bits per heavy atom. The van der Waals surface area contributed by atoms with Crippen LogP contribution in [0, 0.1) is 0 Å². The zero-order valence-electron chi connectivity index (χ0n) is 19.4. The zero-order chi connectivity index (χ0) is 23.3. The maximum atomic E-state index is 13.5. The van der Waals surface area contributed by atoms with Crippen molar-refractivity contribution in [1.29, 1.82) is 0 Å². The molecule has 5 rings (SSSR count). The molecule has 2 aromatic rings. The third-order valence-electron chi connectivity index (χ3n) is 6.61. The number of amides is 1. The van der Waals surface area contributed by atoms with Crippen molar-refractivity contribution in [2.75, 3.05) is 19.1 Å². The molecule has 3 aliphatic rings. The number of thiazole rings is 1. The molecule has 0 spiro atoms. The summed E-state index contributed by atoms with van der Waals surface area (Å²) in [5.74, 6) is 0.710. The van der Waals surface area contributed by atoms with Gasteiger partial charge >= 0.3 is 0 Å². The highest BCUT2D eigenvalue weighted by Crippen LogP contribution is 2.46. The zero-order valence-corrected chi connectivity index (χ0v) is 21.0. The lowest BCUT2D eigenvalue weighted by Gasteiger charge is -2.27. The van der Waals surface area contributed by atoms with Gasteiger partial charge in [-0.2, -0.15) is 5.10 Å². The topological polar surface area (TPSA) is 67.1 Å². The number of rotatable bonds is 3. The number of thioether (sulfide) groups is 1. The van der Waals surface area contributed by atoms with Crippen LogP contribution in [-0.2, 0) is 11.3 Å². The predicted octanol–water partition coefficient (Wildman–Crippen LogP) is 2.95. The van der Waals surface area contributed by atoms with Crippen LogP contribution in [0.5, 0.6) is 5.75 Å². The highest BCUT2D eigenvalue weighted by Gasteiger charge is 2.35. The van der Waals surface area contributed by atoms with E-state index in [4.69, 9.17) is 4.74 Å². The molecule has 1 aromatic carbocycles. The number of ether oxygens (including phenoxy) is 1. The summed E-state index contributed by atoms with van der Waals surface area (Å²) < 4.78 is 8.46. The summed E-state index contributed by atoms with van der Waals surface area (Å²) in [6.07, 6.45) is 5.47. The van der Waals surface area contributed by atoms with E-state index in [1.807, 2.05) is 44.0 Å². The second-order valence-corrected chi connectivity index (χ2v) is 10.6. The Morgan fingerprint density at radius 2 is 1.94 bits per heavy atom. The number of fused-ring (bicyclic) bond motifs is 1. The number of nitrogens with zero attached hydrogens (tertiary/aromatic N) is 4. The van der Waals surface area contributed by atoms with E-state index in [9.17, 15) is 9.59 Å². The molecule has 1 aromatic heterocycles. The first-order chi connectivity index (χ1) is 15.9. The molecule has 33 heavy (non-hydrogen) atoms. The van der Waals surface area contributed by atoms with Crippen molar-refractivity contribution in [3.63, 3.8) is 0 Å². The van der Waals surface area contributed by atoms with Crippen LogP contribution in [0.15, 0.2) is 33.0 Å². The number of benzene rings is 1. The highest BCUT2D eigenvalue weighted by molar-refractivity contribution is 8.08. The lowest BCUT2D eigenvalue weighted by molar-refractivity contribution is -0.126. The lowest BCUT2D eigenvalue weighted by Crippen LogP contribution is -2.37. The van der Waals surface area contributed by atoms with E-state index in [2.05, 4.69) is 5.10 Å². The van der Waals surface area contributed by atoms with Gasteiger partial charge in [0.05, 0.1) is 30.1 Å². The molecule has 7 nitrogen and oxygen atoms in total. The van der Waals surface area contributed by atoms with Gasteiger partial charge in [0.2, 0.25) is 0 Å². The summed E-state index contributed by atoms with van der Waals surface area (Å²) in [7, 11) is 3.62. The minimum absolute atomic E-state index is 0.0594. The number of hydrazone groups is 1. The van der Waals surface area contributed by atoms with Gasteiger partial charge < -0.3 is 9.64 Å². The van der Waals surface area contributed by atoms with Gasteiger partial charge in [0, 0.05) is 24.6 Å². The van der Waals surface area contributed by atoms with Crippen LogP contribution in [0.3, 0.4) is 0 Å². The number of aromatic nitrogens is 1. The first-order valence-corrected chi connectivity index (χ1v) is 13.0. The largest absolute Gasteiger partial charge is 0.497 e. The maximum absolute atomic E-state index is 13.5. The minimum atomic E-state index is -0.0696. The third kappa shape index (κ3) is 3.61. The molecule has 1 fully saturated rings. The van der Waals surface area contributed by atoms with Gasteiger partial charge in [-0.1, -0.05) is 31.0 Å². The molecule has 174 valence electrons. The monoisotopic (exact) mass is 484 g/mol. The average Bonchev–Trinajstić information content (AvgIpc) is 3.44. The van der Waals surface area contributed by atoms with Crippen molar-refractivity contribution in [2.24, 2.45) is 5.10 Å². The van der Waals surface area contributed by atoms with E-state index in [-0.39, 0.29) is 17.5 Å². The van der Waals surface area contributed by atoms with Crippen LogP contribution in [0.2, 0.25) is 0 Å². The van der Waals surface area contributed by atoms with Crippen LogP contribution < -0.4 is 24.4 Å². The summed E-state index contributed by atoms with van der Waals surface area (Å²) in [6, 6.07) is 6.09. The molecule has 0 unspecified atom stereocenters. The summed E-state index contributed by atoms with van der Waals surface area (Å²) in [6.45, 7) is 4.33. The molecule has 3 heterocycles. The van der Waals surface area contributed by atoms with Crippen molar-refractivity contribution < 1.29 is 9.53 Å². The molecule has 0 saturated heterocycles. The highest BCUT2D eigenvalue weighted by atomic mass is 32.2. The third-order valence-corrected chi connectivity index (χ3v) is 9.16. The quantitative estimate of drug-likeness (QED) is 0.670. The molecular formula is C24H28N4O3S2. The predicted molar refractivity (Wildman–Crippen MR) is 134 cm³/mol. The number of hydrogen-bond donors (Lipinski definition) is 0.